The average Bonchev–Trinajstić information content (AvgIpc) is 2.18. The van der Waals surface area contributed by atoms with Gasteiger partial charge >= 0.3 is 0 Å². The summed E-state index contributed by atoms with van der Waals surface area (Å²) < 4.78 is 0. The number of carbonyl (C=O) groups is 1. The lowest BCUT2D eigenvalue weighted by atomic mass is 10.1. The molecule has 0 aliphatic heterocycles. The third-order valence-corrected chi connectivity index (χ3v) is 1.62. The van der Waals surface area contributed by atoms with Gasteiger partial charge < -0.3 is 0 Å². The molecule has 2 heteroatoms. The molecule has 2 nitrogen and oxygen atoms in total. The summed E-state index contributed by atoms with van der Waals surface area (Å²) in [6, 6.07) is 8.57. The first-order chi connectivity index (χ1) is 6.27. The van der Waals surface area contributed by atoms with Crippen molar-refractivity contribution in [2.75, 3.05) is 0 Å². The number of allylic oxidation sites excluding steroid dienone is 2. The van der Waals surface area contributed by atoms with Crippen LogP contribution in [-0.4, -0.2) is 5.78 Å². The largest absolute Gasteiger partial charge is 0.289 e. The molecule has 0 N–H and O–H groups in total. The molecule has 0 spiro atoms. The second-order valence-electron chi connectivity index (χ2n) is 2.55. The predicted molar refractivity (Wildman–Crippen MR) is 50.3 cm³/mol. The molecule has 0 aliphatic carbocycles. The Balaban J connectivity index is 2.94. The van der Waals surface area contributed by atoms with Crippen LogP contribution in [0.3, 0.4) is 0 Å². The van der Waals surface area contributed by atoms with Crippen LogP contribution in [0.2, 0.25) is 0 Å². The van der Waals surface area contributed by atoms with Crippen molar-refractivity contribution >= 4 is 5.78 Å². The second-order valence-corrected chi connectivity index (χ2v) is 2.55. The van der Waals surface area contributed by atoms with E-state index >= 15 is 0 Å². The van der Waals surface area contributed by atoms with Crippen LogP contribution < -0.4 is 0 Å². The molecule has 0 saturated heterocycles. The molecule has 0 unspecified atom stereocenters. The molecule has 1 aromatic carbocycles. The minimum Gasteiger partial charge on any atom is -0.289 e. The molecular formula is C11H9NO. The molecular weight excluding hydrogens is 162 g/mol. The van der Waals surface area contributed by atoms with Gasteiger partial charge in [0.2, 0.25) is 0 Å². The van der Waals surface area contributed by atoms with Gasteiger partial charge in [0.15, 0.2) is 5.78 Å². The Bertz CT molecular complexity index is 368. The van der Waals surface area contributed by atoms with E-state index in [1.807, 2.05) is 6.07 Å². The maximum atomic E-state index is 11.3. The number of nitrogens with zero attached hydrogens (tertiary/aromatic N) is 1. The number of nitriles is 1. The molecule has 0 radical (unpaired) electrons. The van der Waals surface area contributed by atoms with Crippen LogP contribution in [0.15, 0.2) is 36.4 Å². The third kappa shape index (κ3) is 2.28. The van der Waals surface area contributed by atoms with Gasteiger partial charge in [-0.3, -0.25) is 4.79 Å². The Hall–Kier alpha value is -1.88. The number of rotatable bonds is 2. The Kier molecular flexibility index (Phi) is 2.99. The highest BCUT2D eigenvalue weighted by Crippen LogP contribution is 2.04. The summed E-state index contributed by atoms with van der Waals surface area (Å²) >= 11 is 0. The van der Waals surface area contributed by atoms with E-state index in [1.54, 1.807) is 37.3 Å². The maximum Gasteiger partial charge on any atom is 0.185 e. The summed E-state index contributed by atoms with van der Waals surface area (Å²) in [5.41, 5.74) is 1.18. The van der Waals surface area contributed by atoms with Crippen molar-refractivity contribution in [1.82, 2.24) is 0 Å². The Morgan fingerprint density at radius 3 is 2.46 bits per heavy atom. The SMILES string of the molecule is C/C=C/C(=O)c1ccc(C#N)cc1. The van der Waals surface area contributed by atoms with E-state index in [-0.39, 0.29) is 5.78 Å². The number of ketones is 1. The van der Waals surface area contributed by atoms with E-state index in [0.717, 1.165) is 0 Å². The molecule has 0 amide bonds. The van der Waals surface area contributed by atoms with Crippen LogP contribution in [0.25, 0.3) is 0 Å². The Morgan fingerprint density at radius 1 is 1.38 bits per heavy atom. The first-order valence-corrected chi connectivity index (χ1v) is 3.95. The van der Waals surface area contributed by atoms with Gasteiger partial charge in [0, 0.05) is 5.56 Å². The number of carbonyl (C=O) groups excluding carboxylic acids is 1. The van der Waals surface area contributed by atoms with E-state index < -0.39 is 0 Å². The van der Waals surface area contributed by atoms with Gasteiger partial charge in [-0.1, -0.05) is 6.08 Å². The zero-order valence-corrected chi connectivity index (χ0v) is 7.32. The van der Waals surface area contributed by atoms with Gasteiger partial charge in [-0.25, -0.2) is 0 Å². The van der Waals surface area contributed by atoms with Crippen molar-refractivity contribution in [3.05, 3.63) is 47.5 Å². The van der Waals surface area contributed by atoms with Gasteiger partial charge in [-0.2, -0.15) is 5.26 Å². The topological polar surface area (TPSA) is 40.9 Å². The van der Waals surface area contributed by atoms with Gasteiger partial charge in [0.25, 0.3) is 0 Å². The van der Waals surface area contributed by atoms with Crippen molar-refractivity contribution in [1.29, 1.82) is 5.26 Å². The van der Waals surface area contributed by atoms with E-state index in [0.29, 0.717) is 11.1 Å². The minimum atomic E-state index is -0.0352. The number of hydrogen-bond donors (Lipinski definition) is 0. The lowest BCUT2D eigenvalue weighted by Gasteiger charge is -1.94. The summed E-state index contributed by atoms with van der Waals surface area (Å²) in [4.78, 5) is 11.3. The highest BCUT2D eigenvalue weighted by molar-refractivity contribution is 6.04. The quantitative estimate of drug-likeness (QED) is 0.506. The number of hydrogen-bond acceptors (Lipinski definition) is 2. The van der Waals surface area contributed by atoms with Crippen molar-refractivity contribution in [2.24, 2.45) is 0 Å². The molecule has 0 aliphatic rings. The fraction of sp³-hybridized carbons (Fsp3) is 0.0909. The lowest BCUT2D eigenvalue weighted by Crippen LogP contribution is -1.93. The highest BCUT2D eigenvalue weighted by atomic mass is 16.1. The smallest absolute Gasteiger partial charge is 0.185 e. The van der Waals surface area contributed by atoms with Gasteiger partial charge in [0.1, 0.15) is 0 Å². The molecule has 0 fully saturated rings. The van der Waals surface area contributed by atoms with Crippen LogP contribution in [0.1, 0.15) is 22.8 Å². The summed E-state index contributed by atoms with van der Waals surface area (Å²) in [6.07, 6.45) is 3.20. The van der Waals surface area contributed by atoms with Crippen LogP contribution >= 0.6 is 0 Å². The van der Waals surface area contributed by atoms with Gasteiger partial charge in [-0.15, -0.1) is 0 Å². The summed E-state index contributed by atoms with van der Waals surface area (Å²) in [5, 5.41) is 8.52. The Labute approximate surface area is 77.1 Å². The zero-order valence-electron chi connectivity index (χ0n) is 7.32. The minimum absolute atomic E-state index is 0.0352. The van der Waals surface area contributed by atoms with Crippen molar-refractivity contribution in [2.45, 2.75) is 6.92 Å². The van der Waals surface area contributed by atoms with Gasteiger partial charge in [0.05, 0.1) is 11.6 Å². The average molecular weight is 171 g/mol. The van der Waals surface area contributed by atoms with E-state index in [9.17, 15) is 4.79 Å². The van der Waals surface area contributed by atoms with Crippen molar-refractivity contribution in [3.63, 3.8) is 0 Å². The van der Waals surface area contributed by atoms with Crippen LogP contribution in [0.5, 0.6) is 0 Å². The fourth-order valence-electron chi connectivity index (χ4n) is 0.957. The molecule has 1 aromatic rings. The Morgan fingerprint density at radius 2 is 2.00 bits per heavy atom. The summed E-state index contributed by atoms with van der Waals surface area (Å²) in [5.74, 6) is -0.0352. The monoisotopic (exact) mass is 171 g/mol. The first kappa shape index (κ1) is 9.21. The fourth-order valence-corrected chi connectivity index (χ4v) is 0.957. The summed E-state index contributed by atoms with van der Waals surface area (Å²) in [7, 11) is 0. The van der Waals surface area contributed by atoms with E-state index in [1.165, 1.54) is 6.08 Å². The third-order valence-electron chi connectivity index (χ3n) is 1.62. The first-order valence-electron chi connectivity index (χ1n) is 3.95. The zero-order chi connectivity index (χ0) is 9.68. The standard InChI is InChI=1S/C11H9NO/c1-2-3-11(13)10-6-4-9(8-12)5-7-10/h2-7H,1H3/b3-2+. The predicted octanol–water partition coefficient (Wildman–Crippen LogP) is 2.32. The van der Waals surface area contributed by atoms with Crippen molar-refractivity contribution < 1.29 is 4.79 Å². The van der Waals surface area contributed by atoms with E-state index in [4.69, 9.17) is 5.26 Å². The van der Waals surface area contributed by atoms with Crippen molar-refractivity contribution in [3.8, 4) is 6.07 Å². The van der Waals surface area contributed by atoms with Gasteiger partial charge in [-0.05, 0) is 37.3 Å². The highest BCUT2D eigenvalue weighted by Gasteiger charge is 1.99. The number of benzene rings is 1. The van der Waals surface area contributed by atoms with Crippen LogP contribution in [0.4, 0.5) is 0 Å². The lowest BCUT2D eigenvalue weighted by molar-refractivity contribution is 0.104. The van der Waals surface area contributed by atoms with E-state index in [2.05, 4.69) is 0 Å². The molecule has 0 saturated carbocycles. The normalized spacial score (nSPS) is 9.85. The second kappa shape index (κ2) is 4.22. The molecule has 0 heterocycles. The van der Waals surface area contributed by atoms with Crippen LogP contribution in [-0.2, 0) is 0 Å². The maximum absolute atomic E-state index is 11.3. The molecule has 0 aromatic heterocycles. The summed E-state index contributed by atoms with van der Waals surface area (Å²) in [6.45, 7) is 1.79. The van der Waals surface area contributed by atoms with Crippen LogP contribution in [0, 0.1) is 11.3 Å². The molecule has 0 bridgehead atoms. The molecule has 1 rings (SSSR count). The molecule has 0 atom stereocenters. The molecule has 13 heavy (non-hydrogen) atoms. The molecule has 64 valence electrons.